The van der Waals surface area contributed by atoms with Crippen LogP contribution in [0.25, 0.3) is 0 Å². The molecule has 0 N–H and O–H groups in total. The minimum absolute atomic E-state index is 0.155. The second kappa shape index (κ2) is 2.62. The molecule has 1 aromatic rings. The summed E-state index contributed by atoms with van der Waals surface area (Å²) in [6.45, 7) is 0. The summed E-state index contributed by atoms with van der Waals surface area (Å²) in [6.07, 6.45) is 0. The quantitative estimate of drug-likeness (QED) is 0.600. The molecular weight excluding hydrogens is 208 g/mol. The molecular formula is C5H2BrClFN. The van der Waals surface area contributed by atoms with E-state index in [1.54, 1.807) is 0 Å². The van der Waals surface area contributed by atoms with Gasteiger partial charge in [0.25, 0.3) is 0 Å². The topological polar surface area (TPSA) is 12.9 Å². The zero-order chi connectivity index (χ0) is 6.85. The minimum atomic E-state index is -0.575. The van der Waals surface area contributed by atoms with E-state index >= 15 is 0 Å². The Morgan fingerprint density at radius 2 is 2.22 bits per heavy atom. The Balaban J connectivity index is 3.17. The van der Waals surface area contributed by atoms with Gasteiger partial charge in [-0.2, -0.15) is 4.39 Å². The van der Waals surface area contributed by atoms with Gasteiger partial charge in [0.15, 0.2) is 0 Å². The monoisotopic (exact) mass is 209 g/mol. The summed E-state index contributed by atoms with van der Waals surface area (Å²) in [4.78, 5) is 3.30. The molecule has 0 aliphatic rings. The number of hydrogen-bond donors (Lipinski definition) is 0. The highest BCUT2D eigenvalue weighted by atomic mass is 79.9. The molecule has 0 aliphatic heterocycles. The number of pyridine rings is 1. The van der Waals surface area contributed by atoms with Gasteiger partial charge in [-0.1, -0.05) is 27.5 Å². The predicted octanol–water partition coefficient (Wildman–Crippen LogP) is 2.64. The molecule has 48 valence electrons. The molecule has 0 spiro atoms. The van der Waals surface area contributed by atoms with Crippen LogP contribution in [-0.2, 0) is 0 Å². The van der Waals surface area contributed by atoms with Crippen molar-refractivity contribution in [2.24, 2.45) is 0 Å². The fourth-order valence-corrected chi connectivity index (χ4v) is 1.17. The number of aromatic nitrogens is 1. The highest BCUT2D eigenvalue weighted by molar-refractivity contribution is 9.10. The van der Waals surface area contributed by atoms with E-state index in [0.29, 0.717) is 4.47 Å². The SMILES string of the molecule is Fc1cc(Br)cc(Cl)n1. The van der Waals surface area contributed by atoms with Crippen LogP contribution in [-0.4, -0.2) is 4.98 Å². The van der Waals surface area contributed by atoms with Crippen LogP contribution in [0, 0.1) is 5.95 Å². The summed E-state index contributed by atoms with van der Waals surface area (Å²) in [5, 5.41) is 0.155. The third-order valence-electron chi connectivity index (χ3n) is 0.728. The molecule has 1 rings (SSSR count). The van der Waals surface area contributed by atoms with Crippen molar-refractivity contribution in [2.45, 2.75) is 0 Å². The standard InChI is InChI=1S/C5H2BrClFN/c6-3-1-4(7)9-5(8)2-3/h1-2H. The summed E-state index contributed by atoms with van der Waals surface area (Å²) in [5.41, 5.74) is 0. The number of hydrogen-bond acceptors (Lipinski definition) is 1. The van der Waals surface area contributed by atoms with Gasteiger partial charge in [-0.3, -0.25) is 0 Å². The van der Waals surface area contributed by atoms with Crippen molar-refractivity contribution >= 4 is 27.5 Å². The maximum absolute atomic E-state index is 12.2. The Hall–Kier alpha value is -0.150. The van der Waals surface area contributed by atoms with Gasteiger partial charge in [0.05, 0.1) is 0 Å². The lowest BCUT2D eigenvalue weighted by Gasteiger charge is -1.90. The van der Waals surface area contributed by atoms with Crippen LogP contribution in [0.2, 0.25) is 5.15 Å². The third kappa shape index (κ3) is 1.91. The number of nitrogens with zero attached hydrogens (tertiary/aromatic N) is 1. The molecule has 1 aromatic heterocycles. The lowest BCUT2D eigenvalue weighted by atomic mass is 10.5. The lowest BCUT2D eigenvalue weighted by Crippen LogP contribution is -1.80. The molecule has 0 atom stereocenters. The summed E-state index contributed by atoms with van der Waals surface area (Å²) < 4.78 is 12.8. The van der Waals surface area contributed by atoms with E-state index in [9.17, 15) is 4.39 Å². The van der Waals surface area contributed by atoms with Gasteiger partial charge in [0.2, 0.25) is 5.95 Å². The smallest absolute Gasteiger partial charge is 0.208 e. The Bertz CT molecular complexity index is 178. The van der Waals surface area contributed by atoms with Crippen molar-refractivity contribution in [3.8, 4) is 0 Å². The van der Waals surface area contributed by atoms with Crippen LogP contribution >= 0.6 is 27.5 Å². The number of halogens is 3. The molecule has 4 heteroatoms. The van der Waals surface area contributed by atoms with Crippen LogP contribution in [0.4, 0.5) is 4.39 Å². The molecule has 1 nitrogen and oxygen atoms in total. The highest BCUT2D eigenvalue weighted by Crippen LogP contribution is 2.14. The summed E-state index contributed by atoms with van der Waals surface area (Å²) in [5.74, 6) is -0.575. The van der Waals surface area contributed by atoms with Crippen molar-refractivity contribution in [3.63, 3.8) is 0 Å². The van der Waals surface area contributed by atoms with E-state index in [2.05, 4.69) is 20.9 Å². The molecule has 0 fully saturated rings. The molecule has 0 amide bonds. The van der Waals surface area contributed by atoms with E-state index in [1.807, 2.05) is 0 Å². The van der Waals surface area contributed by atoms with E-state index in [0.717, 1.165) is 0 Å². The Kier molecular flexibility index (Phi) is 2.03. The predicted molar refractivity (Wildman–Crippen MR) is 36.9 cm³/mol. The fraction of sp³-hybridized carbons (Fsp3) is 0. The van der Waals surface area contributed by atoms with Gasteiger partial charge in [0.1, 0.15) is 5.15 Å². The molecule has 0 saturated carbocycles. The largest absolute Gasteiger partial charge is 0.215 e. The molecule has 0 unspecified atom stereocenters. The van der Waals surface area contributed by atoms with E-state index < -0.39 is 5.95 Å². The maximum Gasteiger partial charge on any atom is 0.215 e. The zero-order valence-electron chi connectivity index (χ0n) is 4.24. The first-order chi connectivity index (χ1) is 4.18. The van der Waals surface area contributed by atoms with Gasteiger partial charge in [-0.25, -0.2) is 4.98 Å². The van der Waals surface area contributed by atoms with Gasteiger partial charge < -0.3 is 0 Å². The van der Waals surface area contributed by atoms with Crippen molar-refractivity contribution in [1.82, 2.24) is 4.98 Å². The van der Waals surface area contributed by atoms with E-state index in [1.165, 1.54) is 12.1 Å². The molecule has 1 heterocycles. The van der Waals surface area contributed by atoms with Crippen molar-refractivity contribution in [3.05, 3.63) is 27.7 Å². The molecule has 9 heavy (non-hydrogen) atoms. The van der Waals surface area contributed by atoms with Crippen LogP contribution in [0.15, 0.2) is 16.6 Å². The van der Waals surface area contributed by atoms with Crippen LogP contribution in [0.1, 0.15) is 0 Å². The normalized spacial score (nSPS) is 9.67. The first kappa shape index (κ1) is 6.96. The molecule has 0 aliphatic carbocycles. The van der Waals surface area contributed by atoms with Gasteiger partial charge in [0, 0.05) is 10.5 Å². The molecule has 0 saturated heterocycles. The fourth-order valence-electron chi connectivity index (χ4n) is 0.436. The second-order valence-corrected chi connectivity index (χ2v) is 2.73. The van der Waals surface area contributed by atoms with E-state index in [-0.39, 0.29) is 5.15 Å². The zero-order valence-corrected chi connectivity index (χ0v) is 6.58. The van der Waals surface area contributed by atoms with Crippen molar-refractivity contribution in [2.75, 3.05) is 0 Å². The van der Waals surface area contributed by atoms with Gasteiger partial charge in [-0.15, -0.1) is 0 Å². The second-order valence-electron chi connectivity index (χ2n) is 1.43. The average molecular weight is 210 g/mol. The Morgan fingerprint density at radius 3 is 2.67 bits per heavy atom. The third-order valence-corrected chi connectivity index (χ3v) is 1.38. The molecule has 0 aromatic carbocycles. The molecule has 0 bridgehead atoms. The maximum atomic E-state index is 12.2. The van der Waals surface area contributed by atoms with E-state index in [4.69, 9.17) is 11.6 Å². The van der Waals surface area contributed by atoms with Gasteiger partial charge in [-0.05, 0) is 6.07 Å². The molecule has 0 radical (unpaired) electrons. The Labute approximate surface area is 65.0 Å². The van der Waals surface area contributed by atoms with Crippen LogP contribution < -0.4 is 0 Å². The summed E-state index contributed by atoms with van der Waals surface area (Å²) in [7, 11) is 0. The minimum Gasteiger partial charge on any atom is -0.208 e. The number of rotatable bonds is 0. The van der Waals surface area contributed by atoms with Crippen molar-refractivity contribution in [1.29, 1.82) is 0 Å². The summed E-state index contributed by atoms with van der Waals surface area (Å²) >= 11 is 8.42. The van der Waals surface area contributed by atoms with Crippen LogP contribution in [0.5, 0.6) is 0 Å². The lowest BCUT2D eigenvalue weighted by molar-refractivity contribution is 0.583. The van der Waals surface area contributed by atoms with Gasteiger partial charge >= 0.3 is 0 Å². The first-order valence-corrected chi connectivity index (χ1v) is 3.34. The summed E-state index contributed by atoms with van der Waals surface area (Å²) in [6, 6.07) is 2.76. The highest BCUT2D eigenvalue weighted by Gasteiger charge is 1.95. The Morgan fingerprint density at radius 1 is 1.56 bits per heavy atom. The average Bonchev–Trinajstić information content (AvgIpc) is 1.59. The first-order valence-electron chi connectivity index (χ1n) is 2.17. The van der Waals surface area contributed by atoms with Crippen LogP contribution in [0.3, 0.4) is 0 Å². The van der Waals surface area contributed by atoms with Crippen molar-refractivity contribution < 1.29 is 4.39 Å².